The summed E-state index contributed by atoms with van der Waals surface area (Å²) in [6, 6.07) is 4.24. The molecule has 0 aliphatic carbocycles. The highest BCUT2D eigenvalue weighted by Gasteiger charge is 2.10. The molecule has 102 valence electrons. The van der Waals surface area contributed by atoms with Crippen molar-refractivity contribution in [3.05, 3.63) is 28.3 Å². The first-order valence-corrected chi connectivity index (χ1v) is 7.05. The molecule has 0 radical (unpaired) electrons. The van der Waals surface area contributed by atoms with Crippen LogP contribution in [0.15, 0.2) is 12.1 Å². The maximum atomic E-state index is 6.30. The van der Waals surface area contributed by atoms with Crippen molar-refractivity contribution < 1.29 is 4.74 Å². The number of hydrogen-bond donors (Lipinski definition) is 0. The average molecular weight is 270 g/mol. The molecule has 1 rings (SSSR count). The second-order valence-corrected chi connectivity index (χ2v) is 5.17. The molecule has 0 fully saturated rings. The van der Waals surface area contributed by atoms with E-state index in [1.54, 1.807) is 0 Å². The molecule has 0 saturated heterocycles. The lowest BCUT2D eigenvalue weighted by Crippen LogP contribution is -2.13. The first kappa shape index (κ1) is 15.3. The van der Waals surface area contributed by atoms with E-state index in [9.17, 15) is 0 Å². The Morgan fingerprint density at radius 3 is 2.50 bits per heavy atom. The van der Waals surface area contributed by atoms with Crippen LogP contribution in [0.2, 0.25) is 5.02 Å². The molecule has 1 aromatic carbocycles. The van der Waals surface area contributed by atoms with Gasteiger partial charge < -0.3 is 9.64 Å². The second-order valence-electron chi connectivity index (χ2n) is 4.76. The lowest BCUT2D eigenvalue weighted by molar-refractivity contribution is 0.335. The minimum Gasteiger partial charge on any atom is -0.492 e. The number of halogens is 1. The Kier molecular flexibility index (Phi) is 6.51. The van der Waals surface area contributed by atoms with Gasteiger partial charge in [-0.05, 0) is 64.0 Å². The predicted octanol–water partition coefficient (Wildman–Crippen LogP) is 3.80. The Bertz CT molecular complexity index is 377. The predicted molar refractivity (Wildman–Crippen MR) is 78.9 cm³/mol. The zero-order chi connectivity index (χ0) is 13.5. The van der Waals surface area contributed by atoms with Crippen LogP contribution in [-0.2, 0) is 12.8 Å². The molecule has 0 atom stereocenters. The Morgan fingerprint density at radius 2 is 1.94 bits per heavy atom. The van der Waals surface area contributed by atoms with E-state index in [-0.39, 0.29) is 0 Å². The van der Waals surface area contributed by atoms with Gasteiger partial charge in [0.25, 0.3) is 0 Å². The van der Waals surface area contributed by atoms with Crippen molar-refractivity contribution in [2.75, 3.05) is 27.2 Å². The summed E-state index contributed by atoms with van der Waals surface area (Å²) in [6.45, 7) is 5.88. The fourth-order valence-corrected chi connectivity index (χ4v) is 2.31. The number of benzene rings is 1. The minimum absolute atomic E-state index is 0.659. The third-order valence-electron chi connectivity index (χ3n) is 2.93. The third-order valence-corrected chi connectivity index (χ3v) is 3.21. The molecule has 0 aliphatic rings. The summed E-state index contributed by atoms with van der Waals surface area (Å²) in [5, 5.41) is 0.746. The van der Waals surface area contributed by atoms with Gasteiger partial charge in [-0.15, -0.1) is 0 Å². The van der Waals surface area contributed by atoms with Crippen molar-refractivity contribution in [3.63, 3.8) is 0 Å². The molecule has 0 bridgehead atoms. The maximum Gasteiger partial charge on any atom is 0.141 e. The van der Waals surface area contributed by atoms with Crippen LogP contribution >= 0.6 is 11.6 Å². The SMILES string of the molecule is CCOc1c(Cl)cc(CC)cc1CCCN(C)C. The topological polar surface area (TPSA) is 12.5 Å². The number of rotatable bonds is 7. The number of hydrogen-bond acceptors (Lipinski definition) is 2. The molecule has 1 aromatic rings. The third kappa shape index (κ3) is 4.51. The van der Waals surface area contributed by atoms with Crippen LogP contribution < -0.4 is 4.74 Å². The first-order valence-electron chi connectivity index (χ1n) is 6.67. The van der Waals surface area contributed by atoms with Gasteiger partial charge in [-0.3, -0.25) is 0 Å². The van der Waals surface area contributed by atoms with Crippen LogP contribution in [0.25, 0.3) is 0 Å². The van der Waals surface area contributed by atoms with Gasteiger partial charge in [0.1, 0.15) is 5.75 Å². The van der Waals surface area contributed by atoms with Crippen LogP contribution in [-0.4, -0.2) is 32.1 Å². The van der Waals surface area contributed by atoms with Gasteiger partial charge in [0, 0.05) is 0 Å². The zero-order valence-electron chi connectivity index (χ0n) is 11.9. The highest BCUT2D eigenvalue weighted by atomic mass is 35.5. The van der Waals surface area contributed by atoms with Crippen LogP contribution in [0.1, 0.15) is 31.4 Å². The Labute approximate surface area is 116 Å². The molecule has 0 heterocycles. The van der Waals surface area contributed by atoms with E-state index in [1.807, 2.05) is 13.0 Å². The van der Waals surface area contributed by atoms with Gasteiger partial charge in [0.2, 0.25) is 0 Å². The van der Waals surface area contributed by atoms with Crippen molar-refractivity contribution in [2.45, 2.75) is 33.1 Å². The quantitative estimate of drug-likeness (QED) is 0.747. The van der Waals surface area contributed by atoms with Gasteiger partial charge in [-0.2, -0.15) is 0 Å². The van der Waals surface area contributed by atoms with Crippen molar-refractivity contribution in [1.29, 1.82) is 0 Å². The average Bonchev–Trinajstić information content (AvgIpc) is 2.32. The Balaban J connectivity index is 2.86. The van der Waals surface area contributed by atoms with Crippen LogP contribution in [0, 0.1) is 0 Å². The van der Waals surface area contributed by atoms with Gasteiger partial charge in [0.15, 0.2) is 0 Å². The van der Waals surface area contributed by atoms with E-state index in [2.05, 4.69) is 32.0 Å². The molecule has 0 saturated carbocycles. The molecule has 18 heavy (non-hydrogen) atoms. The summed E-state index contributed by atoms with van der Waals surface area (Å²) >= 11 is 6.30. The molecular weight excluding hydrogens is 246 g/mol. The molecule has 0 unspecified atom stereocenters. The second kappa shape index (κ2) is 7.65. The van der Waals surface area contributed by atoms with Crippen LogP contribution in [0.5, 0.6) is 5.75 Å². The van der Waals surface area contributed by atoms with Gasteiger partial charge in [-0.25, -0.2) is 0 Å². The molecule has 0 aromatic heterocycles. The van der Waals surface area contributed by atoms with Crippen molar-refractivity contribution in [1.82, 2.24) is 4.90 Å². The summed E-state index contributed by atoms with van der Waals surface area (Å²) in [7, 11) is 4.19. The number of nitrogens with zero attached hydrogens (tertiary/aromatic N) is 1. The molecule has 2 nitrogen and oxygen atoms in total. The maximum absolute atomic E-state index is 6.30. The van der Waals surface area contributed by atoms with E-state index in [0.717, 1.165) is 36.6 Å². The smallest absolute Gasteiger partial charge is 0.141 e. The van der Waals surface area contributed by atoms with E-state index in [4.69, 9.17) is 16.3 Å². The first-order chi connectivity index (χ1) is 8.58. The van der Waals surface area contributed by atoms with Crippen molar-refractivity contribution in [3.8, 4) is 5.75 Å². The fourth-order valence-electron chi connectivity index (χ4n) is 1.99. The monoisotopic (exact) mass is 269 g/mol. The van der Waals surface area contributed by atoms with Gasteiger partial charge in [-0.1, -0.05) is 24.6 Å². The van der Waals surface area contributed by atoms with E-state index in [1.165, 1.54) is 11.1 Å². The lowest BCUT2D eigenvalue weighted by atomic mass is 10.0. The number of aryl methyl sites for hydroxylation is 2. The van der Waals surface area contributed by atoms with E-state index >= 15 is 0 Å². The summed E-state index contributed by atoms with van der Waals surface area (Å²) < 4.78 is 5.68. The highest BCUT2D eigenvalue weighted by Crippen LogP contribution is 2.31. The Morgan fingerprint density at radius 1 is 1.22 bits per heavy atom. The normalized spacial score (nSPS) is 11.0. The molecule has 3 heteroatoms. The van der Waals surface area contributed by atoms with Crippen molar-refractivity contribution >= 4 is 11.6 Å². The summed E-state index contributed by atoms with van der Waals surface area (Å²) in [4.78, 5) is 2.20. The summed E-state index contributed by atoms with van der Waals surface area (Å²) in [5.41, 5.74) is 2.52. The highest BCUT2D eigenvalue weighted by molar-refractivity contribution is 6.32. The molecule has 0 spiro atoms. The fraction of sp³-hybridized carbons (Fsp3) is 0.600. The van der Waals surface area contributed by atoms with Gasteiger partial charge >= 0.3 is 0 Å². The molecular formula is C15H24ClNO. The van der Waals surface area contributed by atoms with E-state index in [0.29, 0.717) is 6.61 Å². The summed E-state index contributed by atoms with van der Waals surface area (Å²) in [6.07, 6.45) is 3.14. The zero-order valence-corrected chi connectivity index (χ0v) is 12.7. The van der Waals surface area contributed by atoms with Crippen LogP contribution in [0.4, 0.5) is 0 Å². The van der Waals surface area contributed by atoms with Gasteiger partial charge in [0.05, 0.1) is 11.6 Å². The molecule has 0 aliphatic heterocycles. The Hall–Kier alpha value is -0.730. The molecule has 0 N–H and O–H groups in total. The molecule has 0 amide bonds. The lowest BCUT2D eigenvalue weighted by Gasteiger charge is -2.15. The van der Waals surface area contributed by atoms with Crippen LogP contribution in [0.3, 0.4) is 0 Å². The van der Waals surface area contributed by atoms with E-state index < -0.39 is 0 Å². The minimum atomic E-state index is 0.659. The standard InChI is InChI=1S/C15H24ClNO/c1-5-12-10-13(8-7-9-17(3)4)15(18-6-2)14(16)11-12/h10-11H,5-9H2,1-4H3. The largest absolute Gasteiger partial charge is 0.492 e. The number of ether oxygens (including phenoxy) is 1. The summed E-state index contributed by atoms with van der Waals surface area (Å²) in [5.74, 6) is 0.870. The van der Waals surface area contributed by atoms with Crippen molar-refractivity contribution in [2.24, 2.45) is 0 Å².